The highest BCUT2D eigenvalue weighted by Crippen LogP contribution is 2.28. The number of hydrogen-bond acceptors (Lipinski definition) is 4. The van der Waals surface area contributed by atoms with E-state index in [1.54, 1.807) is 23.9 Å². The largest absolute Gasteiger partial charge is 0.242 e. The maximum absolute atomic E-state index is 4.51. The van der Waals surface area contributed by atoms with E-state index in [9.17, 15) is 0 Å². The Balaban J connectivity index is 2.19. The molecule has 0 radical (unpaired) electrons. The van der Waals surface area contributed by atoms with Crippen molar-refractivity contribution in [3.8, 4) is 10.6 Å². The smallest absolute Gasteiger partial charge is 0.147 e. The second kappa shape index (κ2) is 4.06. The van der Waals surface area contributed by atoms with E-state index in [4.69, 9.17) is 0 Å². The Kier molecular flexibility index (Phi) is 2.56. The molecule has 16 heavy (non-hydrogen) atoms. The molecule has 0 amide bonds. The summed E-state index contributed by atoms with van der Waals surface area (Å²) in [5.41, 5.74) is 2.00. The minimum absolute atomic E-state index is 0.862. The zero-order valence-corrected chi connectivity index (χ0v) is 11.1. The third-order valence-electron chi connectivity index (χ3n) is 2.14. The van der Waals surface area contributed by atoms with Crippen LogP contribution in [-0.2, 0) is 0 Å². The summed E-state index contributed by atoms with van der Waals surface area (Å²) in [6, 6.07) is 8.28. The lowest BCUT2D eigenvalue weighted by molar-refractivity contribution is 1.22. The van der Waals surface area contributed by atoms with Crippen LogP contribution in [0, 0.1) is 3.57 Å². The summed E-state index contributed by atoms with van der Waals surface area (Å²) in [7, 11) is 0. The summed E-state index contributed by atoms with van der Waals surface area (Å²) < 4.78 is 1.21. The molecule has 2 aromatic heterocycles. The number of fused-ring (bicyclic) bond motifs is 1. The summed E-state index contributed by atoms with van der Waals surface area (Å²) in [5.74, 6) is 0. The van der Waals surface area contributed by atoms with Crippen molar-refractivity contribution in [2.75, 3.05) is 0 Å². The summed E-state index contributed by atoms with van der Waals surface area (Å²) in [4.78, 5) is 13.6. The first-order valence-corrected chi connectivity index (χ1v) is 6.55. The van der Waals surface area contributed by atoms with Gasteiger partial charge in [-0.05, 0) is 34.7 Å². The van der Waals surface area contributed by atoms with E-state index < -0.39 is 0 Å². The van der Waals surface area contributed by atoms with E-state index in [1.807, 2.05) is 6.07 Å². The van der Waals surface area contributed by atoms with Crippen LogP contribution >= 0.6 is 33.9 Å². The van der Waals surface area contributed by atoms with E-state index in [2.05, 4.69) is 55.7 Å². The van der Waals surface area contributed by atoms with Gasteiger partial charge in [0.25, 0.3) is 0 Å². The second-order valence-corrected chi connectivity index (χ2v) is 5.47. The molecule has 2 heterocycles. The molecule has 5 heteroatoms. The van der Waals surface area contributed by atoms with E-state index in [0.717, 1.165) is 20.9 Å². The zero-order chi connectivity index (χ0) is 11.0. The van der Waals surface area contributed by atoms with Gasteiger partial charge in [-0.3, -0.25) is 0 Å². The van der Waals surface area contributed by atoms with Gasteiger partial charge in [0.2, 0.25) is 0 Å². The number of rotatable bonds is 1. The predicted molar refractivity (Wildman–Crippen MR) is 73.4 cm³/mol. The van der Waals surface area contributed by atoms with Crippen LogP contribution in [0.4, 0.5) is 0 Å². The van der Waals surface area contributed by atoms with Crippen molar-refractivity contribution in [3.05, 3.63) is 40.4 Å². The van der Waals surface area contributed by atoms with Crippen molar-refractivity contribution < 1.29 is 0 Å². The molecular weight excluding hydrogens is 333 g/mol. The molecule has 78 valence electrons. The van der Waals surface area contributed by atoms with Crippen molar-refractivity contribution in [2.24, 2.45) is 0 Å². The highest BCUT2D eigenvalue weighted by atomic mass is 127. The fraction of sp³-hybridized carbons (Fsp3) is 0. The first-order valence-electron chi connectivity index (χ1n) is 4.65. The van der Waals surface area contributed by atoms with E-state index in [0.29, 0.717) is 0 Å². The molecule has 0 aliphatic rings. The van der Waals surface area contributed by atoms with Crippen molar-refractivity contribution in [1.29, 1.82) is 0 Å². The van der Waals surface area contributed by atoms with Crippen LogP contribution in [0.3, 0.4) is 0 Å². The SMILES string of the molecule is Ic1cccc(-c2nc3cncnc3s2)c1. The summed E-state index contributed by atoms with van der Waals surface area (Å²) in [5, 5.41) is 0.994. The fourth-order valence-electron chi connectivity index (χ4n) is 1.44. The molecule has 0 saturated carbocycles. The Morgan fingerprint density at radius 1 is 1.25 bits per heavy atom. The van der Waals surface area contributed by atoms with E-state index in [-0.39, 0.29) is 0 Å². The van der Waals surface area contributed by atoms with Gasteiger partial charge in [-0.15, -0.1) is 0 Å². The minimum atomic E-state index is 0.862. The van der Waals surface area contributed by atoms with Gasteiger partial charge in [0.05, 0.1) is 6.20 Å². The molecule has 1 aromatic carbocycles. The first-order chi connectivity index (χ1) is 7.83. The van der Waals surface area contributed by atoms with Gasteiger partial charge < -0.3 is 0 Å². The molecule has 0 bridgehead atoms. The molecule has 0 fully saturated rings. The molecule has 0 atom stereocenters. The van der Waals surface area contributed by atoms with Gasteiger partial charge in [0, 0.05) is 9.13 Å². The topological polar surface area (TPSA) is 38.7 Å². The van der Waals surface area contributed by atoms with Crippen LogP contribution in [0.2, 0.25) is 0 Å². The average Bonchev–Trinajstić information content (AvgIpc) is 2.72. The summed E-state index contributed by atoms with van der Waals surface area (Å²) >= 11 is 3.89. The van der Waals surface area contributed by atoms with Crippen LogP contribution in [0.1, 0.15) is 0 Å². The van der Waals surface area contributed by atoms with Crippen LogP contribution < -0.4 is 0 Å². The number of aromatic nitrogens is 3. The summed E-state index contributed by atoms with van der Waals surface area (Å²) in [6.07, 6.45) is 3.30. The lowest BCUT2D eigenvalue weighted by Gasteiger charge is -1.95. The average molecular weight is 339 g/mol. The van der Waals surface area contributed by atoms with Crippen molar-refractivity contribution >= 4 is 44.3 Å². The monoisotopic (exact) mass is 339 g/mol. The number of thiazole rings is 1. The van der Waals surface area contributed by atoms with Crippen molar-refractivity contribution in [3.63, 3.8) is 0 Å². The van der Waals surface area contributed by atoms with Crippen LogP contribution in [0.5, 0.6) is 0 Å². The molecule has 0 aliphatic heterocycles. The van der Waals surface area contributed by atoms with Gasteiger partial charge in [-0.2, -0.15) is 0 Å². The number of nitrogens with zero attached hydrogens (tertiary/aromatic N) is 3. The molecular formula is C11H6IN3S. The summed E-state index contributed by atoms with van der Waals surface area (Å²) in [6.45, 7) is 0. The third kappa shape index (κ3) is 1.80. The number of hydrogen-bond donors (Lipinski definition) is 0. The lowest BCUT2D eigenvalue weighted by Crippen LogP contribution is -1.77. The van der Waals surface area contributed by atoms with Gasteiger partial charge in [0.1, 0.15) is 21.7 Å². The van der Waals surface area contributed by atoms with Gasteiger partial charge in [-0.1, -0.05) is 23.5 Å². The van der Waals surface area contributed by atoms with Crippen molar-refractivity contribution in [2.45, 2.75) is 0 Å². The molecule has 3 aromatic rings. The van der Waals surface area contributed by atoms with Crippen LogP contribution in [-0.4, -0.2) is 15.0 Å². The van der Waals surface area contributed by atoms with Crippen LogP contribution in [0.15, 0.2) is 36.8 Å². The zero-order valence-electron chi connectivity index (χ0n) is 8.09. The fourth-order valence-corrected chi connectivity index (χ4v) is 2.85. The van der Waals surface area contributed by atoms with Gasteiger partial charge in [-0.25, -0.2) is 15.0 Å². The standard InChI is InChI=1S/C11H6IN3S/c12-8-3-1-2-7(4-8)10-15-9-5-13-6-14-11(9)16-10/h1-6H. The molecule has 3 rings (SSSR count). The minimum Gasteiger partial charge on any atom is -0.242 e. The molecule has 0 spiro atoms. The normalized spacial score (nSPS) is 10.8. The maximum atomic E-state index is 4.51. The molecule has 0 aliphatic carbocycles. The Hall–Kier alpha value is -1.08. The highest BCUT2D eigenvalue weighted by Gasteiger charge is 2.06. The van der Waals surface area contributed by atoms with Crippen LogP contribution in [0.25, 0.3) is 20.9 Å². The van der Waals surface area contributed by atoms with Gasteiger partial charge in [0.15, 0.2) is 0 Å². The van der Waals surface area contributed by atoms with E-state index >= 15 is 0 Å². The molecule has 3 nitrogen and oxygen atoms in total. The third-order valence-corrected chi connectivity index (χ3v) is 3.84. The molecule has 0 N–H and O–H groups in total. The Morgan fingerprint density at radius 2 is 2.19 bits per heavy atom. The first kappa shape index (κ1) is 10.1. The predicted octanol–water partition coefficient (Wildman–Crippen LogP) is 3.36. The lowest BCUT2D eigenvalue weighted by atomic mass is 10.2. The number of benzene rings is 1. The maximum Gasteiger partial charge on any atom is 0.147 e. The van der Waals surface area contributed by atoms with E-state index in [1.165, 1.54) is 3.57 Å². The van der Waals surface area contributed by atoms with Gasteiger partial charge >= 0.3 is 0 Å². The number of halogens is 1. The molecule has 0 unspecified atom stereocenters. The molecule has 0 saturated heterocycles. The highest BCUT2D eigenvalue weighted by molar-refractivity contribution is 14.1. The Bertz CT molecular complexity index is 617. The Labute approximate surface area is 110 Å². The quantitative estimate of drug-likeness (QED) is 0.638. The Morgan fingerprint density at radius 3 is 3.00 bits per heavy atom. The second-order valence-electron chi connectivity index (χ2n) is 3.24. The van der Waals surface area contributed by atoms with Crippen molar-refractivity contribution in [1.82, 2.24) is 15.0 Å².